The molecule has 1 fully saturated rings. The molecule has 94 valence electrons. The van der Waals surface area contributed by atoms with Crippen LogP contribution in [0, 0.1) is 5.92 Å². The number of carbonyl (C=O) groups excluding carboxylic acids is 2. The lowest BCUT2D eigenvalue weighted by Crippen LogP contribution is -2.44. The van der Waals surface area contributed by atoms with Gasteiger partial charge in [-0.3, -0.25) is 9.59 Å². The number of carbonyl (C=O) groups is 2. The maximum absolute atomic E-state index is 12.1. The van der Waals surface area contributed by atoms with Gasteiger partial charge in [0, 0.05) is 5.56 Å². The van der Waals surface area contributed by atoms with Gasteiger partial charge in [0.2, 0.25) is 11.6 Å². The molecule has 18 heavy (non-hydrogen) atoms. The fourth-order valence-electron chi connectivity index (χ4n) is 2.94. The standard InChI is InChI=1S/C15H16O3/c1-15(2)8-7-11-13(17)12(16)9-5-3-4-6-10(9)14(11)18-15/h3-6,11,14H,7-8H2,1-2H3/t11-,14+/m1/s1. The van der Waals surface area contributed by atoms with Gasteiger partial charge in [-0.2, -0.15) is 0 Å². The maximum Gasteiger partial charge on any atom is 0.229 e. The summed E-state index contributed by atoms with van der Waals surface area (Å²) in [6, 6.07) is 7.30. The number of hydrogen-bond acceptors (Lipinski definition) is 3. The topological polar surface area (TPSA) is 43.4 Å². The Morgan fingerprint density at radius 2 is 1.94 bits per heavy atom. The summed E-state index contributed by atoms with van der Waals surface area (Å²) >= 11 is 0. The molecule has 0 spiro atoms. The second kappa shape index (κ2) is 3.75. The Kier molecular flexibility index (Phi) is 2.42. The summed E-state index contributed by atoms with van der Waals surface area (Å²) in [7, 11) is 0. The van der Waals surface area contributed by atoms with Gasteiger partial charge in [0.05, 0.1) is 17.6 Å². The zero-order valence-corrected chi connectivity index (χ0v) is 10.6. The fraction of sp³-hybridized carbons (Fsp3) is 0.467. The molecule has 3 nitrogen and oxygen atoms in total. The minimum Gasteiger partial charge on any atom is -0.367 e. The van der Waals surface area contributed by atoms with E-state index in [2.05, 4.69) is 0 Å². The molecule has 1 aromatic carbocycles. The SMILES string of the molecule is CC1(C)CC[C@@H]2C(=O)C(=O)c3ccccc3[C@@H]2O1. The van der Waals surface area contributed by atoms with E-state index in [1.807, 2.05) is 26.0 Å². The van der Waals surface area contributed by atoms with Crippen molar-refractivity contribution in [1.82, 2.24) is 0 Å². The van der Waals surface area contributed by atoms with E-state index < -0.39 is 0 Å². The number of rotatable bonds is 0. The highest BCUT2D eigenvalue weighted by Gasteiger charge is 2.46. The molecular weight excluding hydrogens is 228 g/mol. The first-order valence-electron chi connectivity index (χ1n) is 6.35. The molecule has 0 saturated carbocycles. The molecule has 3 rings (SSSR count). The minimum atomic E-state index is -0.352. The van der Waals surface area contributed by atoms with Crippen molar-refractivity contribution in [2.24, 2.45) is 5.92 Å². The Balaban J connectivity index is 2.11. The molecule has 0 N–H and O–H groups in total. The van der Waals surface area contributed by atoms with E-state index in [1.165, 1.54) is 0 Å². The van der Waals surface area contributed by atoms with E-state index in [0.29, 0.717) is 5.56 Å². The van der Waals surface area contributed by atoms with Gasteiger partial charge >= 0.3 is 0 Å². The molecule has 0 amide bonds. The van der Waals surface area contributed by atoms with Crippen LogP contribution in [-0.2, 0) is 9.53 Å². The number of hydrogen-bond donors (Lipinski definition) is 0. The lowest BCUT2D eigenvalue weighted by molar-refractivity contribution is -0.154. The van der Waals surface area contributed by atoms with Gasteiger partial charge in [-0.1, -0.05) is 24.3 Å². The van der Waals surface area contributed by atoms with E-state index in [9.17, 15) is 9.59 Å². The highest BCUT2D eigenvalue weighted by Crippen LogP contribution is 2.45. The summed E-state index contributed by atoms with van der Waals surface area (Å²) in [5.41, 5.74) is 1.16. The molecular formula is C15H16O3. The first-order chi connectivity index (χ1) is 8.49. The number of ether oxygens (including phenoxy) is 1. The maximum atomic E-state index is 12.1. The monoisotopic (exact) mass is 244 g/mol. The van der Waals surface area contributed by atoms with Crippen LogP contribution < -0.4 is 0 Å². The molecule has 3 heteroatoms. The van der Waals surface area contributed by atoms with Crippen molar-refractivity contribution in [2.75, 3.05) is 0 Å². The lowest BCUT2D eigenvalue weighted by Gasteiger charge is -2.42. The van der Waals surface area contributed by atoms with Crippen LogP contribution in [0.25, 0.3) is 0 Å². The summed E-state index contributed by atoms with van der Waals surface area (Å²) in [5, 5.41) is 0. The average Bonchev–Trinajstić information content (AvgIpc) is 2.35. The Morgan fingerprint density at radius 1 is 1.22 bits per heavy atom. The van der Waals surface area contributed by atoms with E-state index in [-0.39, 0.29) is 29.2 Å². The molecule has 0 unspecified atom stereocenters. The summed E-state index contributed by atoms with van der Waals surface area (Å²) in [5.74, 6) is -0.926. The molecule has 2 atom stereocenters. The second-order valence-corrected chi connectivity index (χ2v) is 5.72. The van der Waals surface area contributed by atoms with Crippen molar-refractivity contribution in [1.29, 1.82) is 0 Å². The van der Waals surface area contributed by atoms with Gasteiger partial charge in [-0.15, -0.1) is 0 Å². The smallest absolute Gasteiger partial charge is 0.229 e. The molecule has 1 aromatic rings. The molecule has 1 aliphatic heterocycles. The molecule has 0 radical (unpaired) electrons. The van der Waals surface area contributed by atoms with Crippen LogP contribution in [-0.4, -0.2) is 17.2 Å². The third kappa shape index (κ3) is 1.62. The zero-order chi connectivity index (χ0) is 12.9. The minimum absolute atomic E-state index is 0.227. The van der Waals surface area contributed by atoms with Crippen LogP contribution in [0.3, 0.4) is 0 Å². The quantitative estimate of drug-likeness (QED) is 0.659. The predicted octanol–water partition coefficient (Wildman–Crippen LogP) is 2.70. The van der Waals surface area contributed by atoms with Crippen LogP contribution in [0.4, 0.5) is 0 Å². The molecule has 0 aromatic heterocycles. The number of ketones is 2. The first kappa shape index (κ1) is 11.6. The first-order valence-corrected chi connectivity index (χ1v) is 6.35. The highest BCUT2D eigenvalue weighted by atomic mass is 16.5. The van der Waals surface area contributed by atoms with Crippen LogP contribution in [0.2, 0.25) is 0 Å². The third-order valence-electron chi connectivity index (χ3n) is 3.94. The highest BCUT2D eigenvalue weighted by molar-refractivity contribution is 6.45. The van der Waals surface area contributed by atoms with Crippen molar-refractivity contribution in [3.63, 3.8) is 0 Å². The van der Waals surface area contributed by atoms with E-state index >= 15 is 0 Å². The predicted molar refractivity (Wildman–Crippen MR) is 66.4 cm³/mol. The molecule has 1 heterocycles. The normalized spacial score (nSPS) is 29.7. The number of benzene rings is 1. The summed E-state index contributed by atoms with van der Waals surface area (Å²) in [4.78, 5) is 24.1. The third-order valence-corrected chi connectivity index (χ3v) is 3.94. The fourth-order valence-corrected chi connectivity index (χ4v) is 2.94. The van der Waals surface area contributed by atoms with Crippen molar-refractivity contribution >= 4 is 11.6 Å². The Morgan fingerprint density at radius 3 is 2.72 bits per heavy atom. The van der Waals surface area contributed by atoms with Crippen LogP contribution >= 0.6 is 0 Å². The Bertz CT molecular complexity index is 530. The summed E-state index contributed by atoms with van der Waals surface area (Å²) < 4.78 is 6.05. The van der Waals surface area contributed by atoms with Gasteiger partial charge in [0.15, 0.2) is 0 Å². The molecule has 0 bridgehead atoms. The summed E-state index contributed by atoms with van der Waals surface area (Å²) in [6.07, 6.45) is 1.29. The Labute approximate surface area is 106 Å². The van der Waals surface area contributed by atoms with Gasteiger partial charge < -0.3 is 4.74 Å². The van der Waals surface area contributed by atoms with Gasteiger partial charge in [-0.05, 0) is 32.3 Å². The number of Topliss-reactive ketones (excluding diaryl/α,β-unsaturated/α-hetero) is 2. The molecule has 1 saturated heterocycles. The van der Waals surface area contributed by atoms with Crippen molar-refractivity contribution in [3.05, 3.63) is 35.4 Å². The van der Waals surface area contributed by atoms with Gasteiger partial charge in [0.1, 0.15) is 0 Å². The van der Waals surface area contributed by atoms with Crippen LogP contribution in [0.5, 0.6) is 0 Å². The molecule has 1 aliphatic carbocycles. The second-order valence-electron chi connectivity index (χ2n) is 5.72. The molecule has 2 aliphatic rings. The van der Waals surface area contributed by atoms with E-state index in [4.69, 9.17) is 4.74 Å². The van der Waals surface area contributed by atoms with Gasteiger partial charge in [-0.25, -0.2) is 0 Å². The zero-order valence-electron chi connectivity index (χ0n) is 10.6. The average molecular weight is 244 g/mol. The number of fused-ring (bicyclic) bond motifs is 3. The largest absolute Gasteiger partial charge is 0.367 e. The van der Waals surface area contributed by atoms with E-state index in [1.54, 1.807) is 12.1 Å². The van der Waals surface area contributed by atoms with Gasteiger partial charge in [0.25, 0.3) is 0 Å². The van der Waals surface area contributed by atoms with Crippen LogP contribution in [0.1, 0.15) is 48.7 Å². The summed E-state index contributed by atoms with van der Waals surface area (Å²) in [6.45, 7) is 4.07. The van der Waals surface area contributed by atoms with Crippen molar-refractivity contribution in [2.45, 2.75) is 38.4 Å². The Hall–Kier alpha value is -1.48. The lowest BCUT2D eigenvalue weighted by atomic mass is 9.74. The van der Waals surface area contributed by atoms with E-state index in [0.717, 1.165) is 18.4 Å². The van der Waals surface area contributed by atoms with Crippen LogP contribution in [0.15, 0.2) is 24.3 Å². The van der Waals surface area contributed by atoms with Crippen molar-refractivity contribution in [3.8, 4) is 0 Å². The van der Waals surface area contributed by atoms with Crippen molar-refractivity contribution < 1.29 is 14.3 Å².